The fraction of sp³-hybridized carbons (Fsp3) is 0.304. The molecule has 1 unspecified atom stereocenters. The van der Waals surface area contributed by atoms with Crippen molar-refractivity contribution in [1.82, 2.24) is 20.1 Å². The third-order valence-corrected chi connectivity index (χ3v) is 4.81. The van der Waals surface area contributed by atoms with Gasteiger partial charge in [-0.25, -0.2) is 9.67 Å². The number of hydrogen-bond acceptors (Lipinski definition) is 5. The molecular formula is C23H27N5O3. The van der Waals surface area contributed by atoms with Crippen molar-refractivity contribution in [2.24, 2.45) is 0 Å². The highest BCUT2D eigenvalue weighted by Gasteiger charge is 2.17. The minimum absolute atomic E-state index is 0.150. The number of rotatable bonds is 8. The summed E-state index contributed by atoms with van der Waals surface area (Å²) in [5.74, 6) is 0.352. The minimum Gasteiger partial charge on any atom is -0.481 e. The van der Waals surface area contributed by atoms with E-state index < -0.39 is 6.10 Å². The molecule has 1 atom stereocenters. The van der Waals surface area contributed by atoms with Crippen LogP contribution in [0.2, 0.25) is 0 Å². The molecule has 0 fully saturated rings. The van der Waals surface area contributed by atoms with Crippen molar-refractivity contribution >= 4 is 17.5 Å². The number of hydrogen-bond donors (Lipinski definition) is 2. The maximum atomic E-state index is 12.4. The molecular weight excluding hydrogens is 394 g/mol. The van der Waals surface area contributed by atoms with Crippen LogP contribution in [-0.4, -0.2) is 39.2 Å². The molecule has 0 bridgehead atoms. The second-order valence-electron chi connectivity index (χ2n) is 7.59. The molecule has 0 aliphatic rings. The number of nitrogens with one attached hydrogen (secondary N) is 2. The number of amides is 2. The highest BCUT2D eigenvalue weighted by Crippen LogP contribution is 2.25. The summed E-state index contributed by atoms with van der Waals surface area (Å²) in [5.41, 5.74) is 3.54. The predicted molar refractivity (Wildman–Crippen MR) is 118 cm³/mol. The topological polar surface area (TPSA) is 98.1 Å². The van der Waals surface area contributed by atoms with E-state index in [0.717, 1.165) is 16.8 Å². The molecule has 0 saturated carbocycles. The summed E-state index contributed by atoms with van der Waals surface area (Å²) >= 11 is 0. The first kappa shape index (κ1) is 22.0. The van der Waals surface area contributed by atoms with Gasteiger partial charge in [-0.1, -0.05) is 26.0 Å². The molecule has 162 valence electrons. The quantitative estimate of drug-likeness (QED) is 0.582. The Balaban J connectivity index is 1.49. The highest BCUT2D eigenvalue weighted by molar-refractivity contribution is 5.95. The van der Waals surface area contributed by atoms with Crippen LogP contribution in [0.3, 0.4) is 0 Å². The number of aromatic nitrogens is 3. The van der Waals surface area contributed by atoms with Crippen LogP contribution in [0.5, 0.6) is 5.75 Å². The Labute approximate surface area is 181 Å². The molecule has 1 heterocycles. The Morgan fingerprint density at radius 2 is 1.84 bits per heavy atom. The zero-order chi connectivity index (χ0) is 22.4. The fourth-order valence-electron chi connectivity index (χ4n) is 2.90. The third-order valence-electron chi connectivity index (χ3n) is 4.81. The number of nitrogens with zero attached hydrogens (tertiary/aromatic N) is 3. The van der Waals surface area contributed by atoms with E-state index in [1.54, 1.807) is 30.1 Å². The van der Waals surface area contributed by atoms with Crippen molar-refractivity contribution in [3.63, 3.8) is 0 Å². The second-order valence-corrected chi connectivity index (χ2v) is 7.59. The average molecular weight is 422 g/mol. The van der Waals surface area contributed by atoms with Gasteiger partial charge in [0.2, 0.25) is 5.91 Å². The summed E-state index contributed by atoms with van der Waals surface area (Å²) in [4.78, 5) is 28.5. The van der Waals surface area contributed by atoms with Crippen molar-refractivity contribution < 1.29 is 14.3 Å². The molecule has 2 N–H and O–H groups in total. The van der Waals surface area contributed by atoms with Gasteiger partial charge in [0, 0.05) is 5.69 Å². The lowest BCUT2D eigenvalue weighted by molar-refractivity contribution is -0.129. The molecule has 0 saturated heterocycles. The van der Waals surface area contributed by atoms with Gasteiger partial charge in [-0.3, -0.25) is 9.59 Å². The summed E-state index contributed by atoms with van der Waals surface area (Å²) in [6, 6.07) is 13.1. The van der Waals surface area contributed by atoms with Crippen molar-refractivity contribution in [2.75, 3.05) is 11.9 Å². The number of anilines is 1. The zero-order valence-electron chi connectivity index (χ0n) is 18.1. The van der Waals surface area contributed by atoms with Crippen LogP contribution >= 0.6 is 0 Å². The molecule has 2 amide bonds. The van der Waals surface area contributed by atoms with E-state index in [9.17, 15) is 9.59 Å². The van der Waals surface area contributed by atoms with E-state index in [1.807, 2.05) is 31.2 Å². The predicted octanol–water partition coefficient (Wildman–Crippen LogP) is 3.22. The van der Waals surface area contributed by atoms with Gasteiger partial charge in [0.1, 0.15) is 18.4 Å². The van der Waals surface area contributed by atoms with Gasteiger partial charge in [0.15, 0.2) is 6.10 Å². The van der Waals surface area contributed by atoms with E-state index in [1.165, 1.54) is 6.33 Å². The number of aryl methyl sites for hydroxylation is 1. The molecule has 1 aromatic heterocycles. The minimum atomic E-state index is -0.726. The van der Waals surface area contributed by atoms with Crippen LogP contribution in [0, 0.1) is 6.92 Å². The van der Waals surface area contributed by atoms with Gasteiger partial charge in [-0.15, -0.1) is 0 Å². The normalized spacial score (nSPS) is 11.8. The van der Waals surface area contributed by atoms with E-state index in [4.69, 9.17) is 4.74 Å². The van der Waals surface area contributed by atoms with Crippen molar-refractivity contribution in [1.29, 1.82) is 0 Å². The largest absolute Gasteiger partial charge is 0.481 e. The van der Waals surface area contributed by atoms with Crippen molar-refractivity contribution in [3.8, 4) is 11.4 Å². The van der Waals surface area contributed by atoms with E-state index >= 15 is 0 Å². The van der Waals surface area contributed by atoms with Crippen molar-refractivity contribution in [3.05, 3.63) is 66.2 Å². The zero-order valence-corrected chi connectivity index (χ0v) is 18.1. The van der Waals surface area contributed by atoms with Crippen LogP contribution in [0.15, 0.2) is 55.1 Å². The smallest absolute Gasteiger partial charge is 0.261 e. The summed E-state index contributed by atoms with van der Waals surface area (Å²) < 4.78 is 7.46. The van der Waals surface area contributed by atoms with Gasteiger partial charge >= 0.3 is 0 Å². The molecule has 3 rings (SSSR count). The Kier molecular flexibility index (Phi) is 7.02. The van der Waals surface area contributed by atoms with Crippen molar-refractivity contribution in [2.45, 2.75) is 39.7 Å². The lowest BCUT2D eigenvalue weighted by Gasteiger charge is -2.18. The maximum Gasteiger partial charge on any atom is 0.261 e. The molecule has 0 aliphatic heterocycles. The molecule has 0 spiro atoms. The first-order valence-corrected chi connectivity index (χ1v) is 10.1. The SMILES string of the molecule is Cc1ccc(C(C)C)cc1OC(C)C(=O)NCC(=O)Nc1ccc(-n2cncn2)cc1. The maximum absolute atomic E-state index is 12.4. The molecule has 8 nitrogen and oxygen atoms in total. The van der Waals surface area contributed by atoms with Crippen LogP contribution in [0.4, 0.5) is 5.69 Å². The van der Waals surface area contributed by atoms with Crippen LogP contribution in [0.1, 0.15) is 37.8 Å². The first-order chi connectivity index (χ1) is 14.8. The summed E-state index contributed by atoms with van der Waals surface area (Å²) in [6.45, 7) is 7.66. The van der Waals surface area contributed by atoms with Crippen LogP contribution in [0.25, 0.3) is 5.69 Å². The van der Waals surface area contributed by atoms with Gasteiger partial charge < -0.3 is 15.4 Å². The van der Waals surface area contributed by atoms with E-state index in [2.05, 4.69) is 40.6 Å². The lowest BCUT2D eigenvalue weighted by atomic mass is 10.0. The number of carbonyl (C=O) groups is 2. The molecule has 0 aliphatic carbocycles. The Bertz CT molecular complexity index is 1030. The Hall–Kier alpha value is -3.68. The summed E-state index contributed by atoms with van der Waals surface area (Å²) in [5, 5.41) is 9.41. The van der Waals surface area contributed by atoms with E-state index in [0.29, 0.717) is 17.4 Å². The van der Waals surface area contributed by atoms with Gasteiger partial charge in [-0.2, -0.15) is 5.10 Å². The molecule has 0 radical (unpaired) electrons. The standard InChI is InChI=1S/C23H27N5O3/c1-15(2)18-6-5-16(3)21(11-18)31-17(4)23(30)25-12-22(29)27-19-7-9-20(10-8-19)28-14-24-13-26-28/h5-11,13-15,17H,12H2,1-4H3,(H,25,30)(H,27,29). The Morgan fingerprint density at radius 3 is 2.48 bits per heavy atom. The van der Waals surface area contributed by atoms with Crippen LogP contribution < -0.4 is 15.4 Å². The molecule has 3 aromatic rings. The first-order valence-electron chi connectivity index (χ1n) is 10.1. The average Bonchev–Trinajstić information content (AvgIpc) is 3.28. The van der Waals surface area contributed by atoms with Crippen LogP contribution in [-0.2, 0) is 9.59 Å². The monoisotopic (exact) mass is 421 g/mol. The second kappa shape index (κ2) is 9.88. The number of carbonyl (C=O) groups excluding carboxylic acids is 2. The van der Waals surface area contributed by atoms with Gasteiger partial charge in [0.05, 0.1) is 12.2 Å². The van der Waals surface area contributed by atoms with Gasteiger partial charge in [0.25, 0.3) is 5.91 Å². The highest BCUT2D eigenvalue weighted by atomic mass is 16.5. The molecule has 8 heteroatoms. The lowest BCUT2D eigenvalue weighted by Crippen LogP contribution is -2.40. The summed E-state index contributed by atoms with van der Waals surface area (Å²) in [6.07, 6.45) is 2.31. The third kappa shape index (κ3) is 5.91. The Morgan fingerprint density at radius 1 is 1.10 bits per heavy atom. The molecule has 2 aromatic carbocycles. The number of ether oxygens (including phenoxy) is 1. The van der Waals surface area contributed by atoms with E-state index in [-0.39, 0.29) is 18.4 Å². The van der Waals surface area contributed by atoms with Gasteiger partial charge in [-0.05, 0) is 61.2 Å². The fourth-order valence-corrected chi connectivity index (χ4v) is 2.90. The molecule has 31 heavy (non-hydrogen) atoms. The number of benzene rings is 2. The summed E-state index contributed by atoms with van der Waals surface area (Å²) in [7, 11) is 0.